The van der Waals surface area contributed by atoms with E-state index in [2.05, 4.69) is 36.5 Å². The van der Waals surface area contributed by atoms with Crippen LogP contribution in [-0.4, -0.2) is 18.7 Å². The molecule has 2 heteroatoms. The van der Waals surface area contributed by atoms with E-state index in [-0.39, 0.29) is 0 Å². The molecule has 1 aromatic rings. The summed E-state index contributed by atoms with van der Waals surface area (Å²) in [6, 6.07) is 9.24. The van der Waals surface area contributed by atoms with Crippen molar-refractivity contribution in [2.45, 2.75) is 51.2 Å². The van der Waals surface area contributed by atoms with E-state index in [1.807, 2.05) is 0 Å². The smallest absolute Gasteiger partial charge is 0.123 e. The van der Waals surface area contributed by atoms with Gasteiger partial charge in [0.2, 0.25) is 0 Å². The Kier molecular flexibility index (Phi) is 3.55. The molecule has 1 aromatic carbocycles. The van der Waals surface area contributed by atoms with Crippen LogP contribution in [-0.2, 0) is 6.42 Å². The molecule has 2 atom stereocenters. The third-order valence-corrected chi connectivity index (χ3v) is 4.24. The third-order valence-electron chi connectivity index (χ3n) is 4.24. The molecule has 98 valence electrons. The summed E-state index contributed by atoms with van der Waals surface area (Å²) < 4.78 is 6.00. The zero-order valence-electron chi connectivity index (χ0n) is 11.2. The van der Waals surface area contributed by atoms with Crippen molar-refractivity contribution in [3.05, 3.63) is 29.8 Å². The maximum absolute atomic E-state index is 6.00. The van der Waals surface area contributed by atoms with Crippen molar-refractivity contribution in [3.63, 3.8) is 0 Å². The zero-order chi connectivity index (χ0) is 12.4. The summed E-state index contributed by atoms with van der Waals surface area (Å²) in [5.74, 6) is 1.80. The second-order valence-electron chi connectivity index (χ2n) is 5.93. The quantitative estimate of drug-likeness (QED) is 0.860. The first kappa shape index (κ1) is 12.0. The van der Waals surface area contributed by atoms with E-state index in [4.69, 9.17) is 4.74 Å². The Hall–Kier alpha value is -1.02. The monoisotopic (exact) mass is 245 g/mol. The number of hydrogen-bond acceptors (Lipinski definition) is 2. The highest BCUT2D eigenvalue weighted by atomic mass is 16.5. The summed E-state index contributed by atoms with van der Waals surface area (Å²) >= 11 is 0. The average Bonchev–Trinajstić information content (AvgIpc) is 2.68. The highest BCUT2D eigenvalue weighted by Crippen LogP contribution is 2.30. The molecule has 1 aliphatic heterocycles. The molecule has 2 nitrogen and oxygen atoms in total. The van der Waals surface area contributed by atoms with Gasteiger partial charge in [0.15, 0.2) is 0 Å². The molecule has 2 aliphatic rings. The maximum Gasteiger partial charge on any atom is 0.123 e. The third kappa shape index (κ3) is 2.69. The van der Waals surface area contributed by atoms with E-state index in [0.29, 0.717) is 12.0 Å². The van der Waals surface area contributed by atoms with Crippen LogP contribution < -0.4 is 10.1 Å². The van der Waals surface area contributed by atoms with Gasteiger partial charge in [0, 0.05) is 12.5 Å². The highest BCUT2D eigenvalue weighted by Gasteiger charge is 2.24. The molecular formula is C16H23NO. The van der Waals surface area contributed by atoms with Crippen LogP contribution in [0.15, 0.2) is 24.3 Å². The van der Waals surface area contributed by atoms with Gasteiger partial charge in [-0.3, -0.25) is 0 Å². The van der Waals surface area contributed by atoms with E-state index >= 15 is 0 Å². The predicted octanol–water partition coefficient (Wildman–Crippen LogP) is 3.16. The molecule has 1 saturated carbocycles. The molecule has 0 aromatic heterocycles. The Morgan fingerprint density at radius 3 is 2.89 bits per heavy atom. The Morgan fingerprint density at radius 2 is 2.17 bits per heavy atom. The second kappa shape index (κ2) is 5.31. The fourth-order valence-corrected chi connectivity index (χ4v) is 2.90. The molecule has 0 bridgehead atoms. The van der Waals surface area contributed by atoms with Gasteiger partial charge in [-0.15, -0.1) is 0 Å². The molecule has 1 aliphatic carbocycles. The Morgan fingerprint density at radius 1 is 1.33 bits per heavy atom. The van der Waals surface area contributed by atoms with Crippen molar-refractivity contribution in [3.8, 4) is 5.75 Å². The van der Waals surface area contributed by atoms with E-state index in [9.17, 15) is 0 Å². The number of para-hydroxylation sites is 1. The van der Waals surface area contributed by atoms with E-state index in [0.717, 1.165) is 31.2 Å². The number of benzene rings is 1. The van der Waals surface area contributed by atoms with Gasteiger partial charge in [0.05, 0.1) is 0 Å². The molecule has 2 unspecified atom stereocenters. The molecule has 0 amide bonds. The molecule has 0 radical (unpaired) electrons. The lowest BCUT2D eigenvalue weighted by molar-refractivity contribution is 0.192. The zero-order valence-corrected chi connectivity index (χ0v) is 11.2. The molecule has 0 spiro atoms. The molecule has 1 heterocycles. The van der Waals surface area contributed by atoms with Crippen LogP contribution in [0.4, 0.5) is 0 Å². The standard InChI is InChI=1S/C16H23NO/c1-12(11-17-14-6-4-7-14)9-15-10-13-5-2-3-8-16(13)18-15/h2-3,5,8,12,14-15,17H,4,6-7,9-11H2,1H3. The summed E-state index contributed by atoms with van der Waals surface area (Å²) in [6.45, 7) is 3.47. The van der Waals surface area contributed by atoms with Gasteiger partial charge in [-0.25, -0.2) is 0 Å². The first-order valence-corrected chi connectivity index (χ1v) is 7.29. The van der Waals surface area contributed by atoms with Crippen molar-refractivity contribution in [1.29, 1.82) is 0 Å². The molecule has 18 heavy (non-hydrogen) atoms. The lowest BCUT2D eigenvalue weighted by Gasteiger charge is -2.28. The van der Waals surface area contributed by atoms with Crippen molar-refractivity contribution in [1.82, 2.24) is 5.32 Å². The molecule has 3 rings (SSSR count). The Labute approximate surface area is 110 Å². The molecule has 0 saturated heterocycles. The van der Waals surface area contributed by atoms with E-state index in [1.165, 1.54) is 24.8 Å². The minimum atomic E-state index is 0.389. The fraction of sp³-hybridized carbons (Fsp3) is 0.625. The Balaban J connectivity index is 1.43. The molecule has 1 fully saturated rings. The second-order valence-corrected chi connectivity index (χ2v) is 5.93. The minimum Gasteiger partial charge on any atom is -0.490 e. The first-order valence-electron chi connectivity index (χ1n) is 7.29. The molecule has 1 N–H and O–H groups in total. The summed E-state index contributed by atoms with van der Waals surface area (Å²) in [7, 11) is 0. The van der Waals surface area contributed by atoms with Gasteiger partial charge >= 0.3 is 0 Å². The maximum atomic E-state index is 6.00. The summed E-state index contributed by atoms with van der Waals surface area (Å²) in [4.78, 5) is 0. The summed E-state index contributed by atoms with van der Waals surface area (Å²) in [5, 5.41) is 3.66. The van der Waals surface area contributed by atoms with Crippen molar-refractivity contribution in [2.75, 3.05) is 6.54 Å². The first-order chi connectivity index (χ1) is 8.81. The van der Waals surface area contributed by atoms with E-state index in [1.54, 1.807) is 0 Å². The van der Waals surface area contributed by atoms with Gasteiger partial charge in [0.1, 0.15) is 11.9 Å². The number of fused-ring (bicyclic) bond motifs is 1. The lowest BCUT2D eigenvalue weighted by atomic mass is 9.92. The van der Waals surface area contributed by atoms with Gasteiger partial charge < -0.3 is 10.1 Å². The van der Waals surface area contributed by atoms with Gasteiger partial charge in [-0.2, -0.15) is 0 Å². The van der Waals surface area contributed by atoms with Crippen LogP contribution in [0.25, 0.3) is 0 Å². The van der Waals surface area contributed by atoms with Gasteiger partial charge in [-0.1, -0.05) is 31.5 Å². The van der Waals surface area contributed by atoms with Crippen LogP contribution in [0.2, 0.25) is 0 Å². The predicted molar refractivity (Wildman–Crippen MR) is 74.0 cm³/mol. The Bertz CT molecular complexity index is 375. The van der Waals surface area contributed by atoms with Crippen LogP contribution >= 0.6 is 0 Å². The van der Waals surface area contributed by atoms with E-state index < -0.39 is 0 Å². The minimum absolute atomic E-state index is 0.389. The van der Waals surface area contributed by atoms with Crippen LogP contribution in [0.3, 0.4) is 0 Å². The van der Waals surface area contributed by atoms with Crippen molar-refractivity contribution >= 4 is 0 Å². The summed E-state index contributed by atoms with van der Waals surface area (Å²) in [5.41, 5.74) is 1.38. The highest BCUT2D eigenvalue weighted by molar-refractivity contribution is 5.37. The van der Waals surface area contributed by atoms with Crippen molar-refractivity contribution in [2.24, 2.45) is 5.92 Å². The normalized spacial score (nSPS) is 24.2. The summed E-state index contributed by atoms with van der Waals surface area (Å²) in [6.07, 6.45) is 6.79. The lowest BCUT2D eigenvalue weighted by Crippen LogP contribution is -2.38. The van der Waals surface area contributed by atoms with Gasteiger partial charge in [-0.05, 0) is 43.4 Å². The van der Waals surface area contributed by atoms with Crippen LogP contribution in [0.1, 0.15) is 38.2 Å². The topological polar surface area (TPSA) is 21.3 Å². The largest absolute Gasteiger partial charge is 0.490 e. The SMILES string of the molecule is CC(CNC1CCC1)CC1Cc2ccccc2O1. The fourth-order valence-electron chi connectivity index (χ4n) is 2.90. The molecular weight excluding hydrogens is 222 g/mol. The van der Waals surface area contributed by atoms with Crippen LogP contribution in [0, 0.1) is 5.92 Å². The number of ether oxygens (including phenoxy) is 1. The van der Waals surface area contributed by atoms with Gasteiger partial charge in [0.25, 0.3) is 0 Å². The average molecular weight is 245 g/mol. The number of nitrogens with one attached hydrogen (secondary N) is 1. The van der Waals surface area contributed by atoms with Crippen LogP contribution in [0.5, 0.6) is 5.75 Å². The number of hydrogen-bond donors (Lipinski definition) is 1. The number of rotatable bonds is 5. The van der Waals surface area contributed by atoms with Crippen molar-refractivity contribution < 1.29 is 4.74 Å².